The molecule has 0 unspecified atom stereocenters. The summed E-state index contributed by atoms with van der Waals surface area (Å²) in [6.07, 6.45) is 14.9. The van der Waals surface area contributed by atoms with Crippen LogP contribution in [-0.2, 0) is 14.1 Å². The number of hydrogen-bond acceptors (Lipinski definition) is 5. The van der Waals surface area contributed by atoms with E-state index in [0.29, 0.717) is 0 Å². The molecule has 0 bridgehead atoms. The summed E-state index contributed by atoms with van der Waals surface area (Å²) in [7, 11) is 2.54. The Kier molecular flexibility index (Phi) is 38.1. The molecule has 0 aromatic heterocycles. The first kappa shape index (κ1) is 46.8. The van der Waals surface area contributed by atoms with E-state index >= 15 is 0 Å². The molecule has 1 heterocycles. The van der Waals surface area contributed by atoms with Crippen LogP contribution in [0.5, 0.6) is 0 Å². The summed E-state index contributed by atoms with van der Waals surface area (Å²) in [5.74, 6) is -0.0941. The lowest BCUT2D eigenvalue weighted by Gasteiger charge is -2.15. The maximum atomic E-state index is 13.1. The Morgan fingerprint density at radius 3 is 2.14 bits per heavy atom. The van der Waals surface area contributed by atoms with Gasteiger partial charge in [-0.05, 0) is 47.0 Å². The van der Waals surface area contributed by atoms with Crippen LogP contribution in [0, 0.1) is 0 Å². The van der Waals surface area contributed by atoms with Crippen LogP contribution in [-0.4, -0.2) is 56.1 Å². The van der Waals surface area contributed by atoms with Crippen LogP contribution in [0.15, 0.2) is 88.1 Å². The van der Waals surface area contributed by atoms with Gasteiger partial charge in [-0.25, -0.2) is 8.78 Å². The van der Waals surface area contributed by atoms with Crippen LogP contribution in [0.3, 0.4) is 0 Å². The van der Waals surface area contributed by atoms with Gasteiger partial charge in [-0.15, -0.1) is 0 Å². The predicted octanol–water partition coefficient (Wildman–Crippen LogP) is 9.14. The summed E-state index contributed by atoms with van der Waals surface area (Å²) in [6.45, 7) is 20.7. The molecule has 1 amide bonds. The number of allylic oxidation sites excluding steroid dienone is 7. The maximum Gasteiger partial charge on any atom is 0.253 e. The van der Waals surface area contributed by atoms with E-state index in [1.165, 1.54) is 24.7 Å². The Morgan fingerprint density at radius 1 is 1.12 bits per heavy atom. The minimum atomic E-state index is -0.779. The van der Waals surface area contributed by atoms with E-state index in [1.54, 1.807) is 13.4 Å². The molecule has 0 radical (unpaired) electrons. The monoisotopic (exact) mass is 627 g/mol. The van der Waals surface area contributed by atoms with E-state index in [0.717, 1.165) is 69.1 Å². The molecule has 1 fully saturated rings. The second-order valence-corrected chi connectivity index (χ2v) is 8.97. The number of hydrogen-bond donors (Lipinski definition) is 2. The Labute approximate surface area is 261 Å². The van der Waals surface area contributed by atoms with Crippen LogP contribution >= 0.6 is 8.46 Å². The Morgan fingerprint density at radius 2 is 1.67 bits per heavy atom. The van der Waals surface area contributed by atoms with Crippen molar-refractivity contribution >= 4 is 20.7 Å². The number of nitrogens with zero attached hydrogens (tertiary/aromatic N) is 2. The minimum Gasteiger partial charge on any atom is -0.496 e. The van der Waals surface area contributed by atoms with Gasteiger partial charge in [0.15, 0.2) is 8.46 Å². The normalized spacial score (nSPS) is 14.1. The van der Waals surface area contributed by atoms with Crippen molar-refractivity contribution in [2.75, 3.05) is 33.9 Å². The fraction of sp³-hybridized carbons (Fsp3) is 0.515. The van der Waals surface area contributed by atoms with Gasteiger partial charge in [-0.2, -0.15) is 0 Å². The lowest BCUT2D eigenvalue weighted by molar-refractivity contribution is -0.125. The van der Waals surface area contributed by atoms with Gasteiger partial charge in [0, 0.05) is 56.0 Å². The molecule has 1 aliphatic heterocycles. The molecule has 0 spiro atoms. The number of carbonyl (C=O) groups is 1. The molecule has 7 nitrogen and oxygen atoms in total. The van der Waals surface area contributed by atoms with E-state index in [9.17, 15) is 18.1 Å². The van der Waals surface area contributed by atoms with Crippen LogP contribution in [0.1, 0.15) is 81.1 Å². The number of aliphatic hydroxyl groups is 1. The SMILES string of the molecule is C/C=C(\C=CC/C(C)=C(\C)NC=NC)C(=O)N1CCCC1.C=C(CO/C=C/P=O)/C(F)=C\C(F)=C/C.CC.CCC.CO. The van der Waals surface area contributed by atoms with Crippen LogP contribution < -0.4 is 5.32 Å². The van der Waals surface area contributed by atoms with Crippen LogP contribution in [0.25, 0.3) is 0 Å². The lowest BCUT2D eigenvalue weighted by Crippen LogP contribution is -2.28. The number of carbonyl (C=O) groups excluding carboxylic acids is 1. The highest BCUT2D eigenvalue weighted by molar-refractivity contribution is 7.27. The van der Waals surface area contributed by atoms with Crippen molar-refractivity contribution in [3.8, 4) is 0 Å². The number of aliphatic hydroxyl groups excluding tert-OH is 1. The summed E-state index contributed by atoms with van der Waals surface area (Å²) in [6, 6.07) is 0. The van der Waals surface area contributed by atoms with Gasteiger partial charge < -0.3 is 20.1 Å². The third-order valence-electron chi connectivity index (χ3n) is 5.08. The third kappa shape index (κ3) is 27.4. The van der Waals surface area contributed by atoms with Gasteiger partial charge in [-0.3, -0.25) is 14.4 Å². The standard InChI is InChI=1S/C17H27N3O.C10H11F2O2P.C3H8.C2H6.CH4O/c1-5-16(17(21)20-11-6-7-12-20)10-8-9-14(2)15(3)19-13-18-4;1-3-9(11)6-10(12)8(2)7-14-4-5-15-13;1-3-2;2*1-2/h5,8,10,13H,6-7,9,11-12H2,1-4H3,(H,18,19);3-6H,2,7H2,1H3;3H2,1-2H3;1-2H3;2H,1H3/b10-8?,15-14+,16-5+;5-4+,9-3+,10-6+;;;. The first-order valence-electron chi connectivity index (χ1n) is 14.5. The third-order valence-corrected chi connectivity index (χ3v) is 5.32. The van der Waals surface area contributed by atoms with E-state index in [-0.39, 0.29) is 26.5 Å². The zero-order valence-corrected chi connectivity index (χ0v) is 28.9. The van der Waals surface area contributed by atoms with Crippen molar-refractivity contribution < 1.29 is 28.0 Å². The Hall–Kier alpha value is -3.16. The summed E-state index contributed by atoms with van der Waals surface area (Å²) >= 11 is 0. The van der Waals surface area contributed by atoms with Crippen LogP contribution in [0.4, 0.5) is 8.78 Å². The molecule has 2 N–H and O–H groups in total. The fourth-order valence-corrected chi connectivity index (χ4v) is 2.92. The molecule has 0 aromatic carbocycles. The quantitative estimate of drug-likeness (QED) is 0.0562. The highest BCUT2D eigenvalue weighted by atomic mass is 31.1. The summed E-state index contributed by atoms with van der Waals surface area (Å²) in [5, 5.41) is 10.1. The van der Waals surface area contributed by atoms with Gasteiger partial charge in [0.25, 0.3) is 5.91 Å². The molecule has 1 rings (SSSR count). The largest absolute Gasteiger partial charge is 0.496 e. The van der Waals surface area contributed by atoms with E-state index in [1.807, 2.05) is 50.8 Å². The second-order valence-electron chi connectivity index (χ2n) is 8.46. The number of amides is 1. The molecule has 43 heavy (non-hydrogen) atoms. The number of nitrogens with one attached hydrogen (secondary N) is 1. The molecule has 10 heteroatoms. The molecule has 1 saturated heterocycles. The van der Waals surface area contributed by atoms with E-state index in [2.05, 4.69) is 37.7 Å². The van der Waals surface area contributed by atoms with Gasteiger partial charge in [0.1, 0.15) is 18.3 Å². The second kappa shape index (κ2) is 35.0. The van der Waals surface area contributed by atoms with Gasteiger partial charge in [0.2, 0.25) is 0 Å². The van der Waals surface area contributed by atoms with Crippen molar-refractivity contribution in [2.24, 2.45) is 4.99 Å². The van der Waals surface area contributed by atoms with Gasteiger partial charge in [-0.1, -0.05) is 70.6 Å². The zero-order chi connectivity index (χ0) is 34.1. The molecular weight excluding hydrogens is 571 g/mol. The van der Waals surface area contributed by atoms with Crippen molar-refractivity contribution in [1.29, 1.82) is 0 Å². The van der Waals surface area contributed by atoms with E-state index in [4.69, 9.17) is 9.84 Å². The van der Waals surface area contributed by atoms with E-state index < -0.39 is 11.7 Å². The average Bonchev–Trinajstić information content (AvgIpc) is 3.57. The van der Waals surface area contributed by atoms with Crippen molar-refractivity contribution in [3.05, 3.63) is 83.1 Å². The molecular formula is C33H56F2N3O4P. The highest BCUT2D eigenvalue weighted by Gasteiger charge is 2.19. The Bertz CT molecular complexity index is 963. The van der Waals surface area contributed by atoms with Gasteiger partial charge in [0.05, 0.1) is 12.6 Å². The zero-order valence-electron chi connectivity index (χ0n) is 28.0. The minimum absolute atomic E-state index is 0.0132. The number of rotatable bonds is 12. The van der Waals surface area contributed by atoms with Crippen molar-refractivity contribution in [3.63, 3.8) is 0 Å². The predicted molar refractivity (Wildman–Crippen MR) is 181 cm³/mol. The van der Waals surface area contributed by atoms with Crippen molar-refractivity contribution in [1.82, 2.24) is 10.2 Å². The van der Waals surface area contributed by atoms with Crippen LogP contribution in [0.2, 0.25) is 0 Å². The first-order chi connectivity index (χ1) is 20.6. The number of likely N-dealkylation sites (tertiary alicyclic amines) is 1. The van der Waals surface area contributed by atoms with Gasteiger partial charge >= 0.3 is 0 Å². The topological polar surface area (TPSA) is 91.2 Å². The number of aliphatic imine (C=N–C) groups is 1. The Balaban J connectivity index is -0.000000303. The molecule has 0 aliphatic carbocycles. The molecule has 0 aromatic rings. The highest BCUT2D eigenvalue weighted by Crippen LogP contribution is 2.15. The lowest BCUT2D eigenvalue weighted by atomic mass is 10.1. The molecule has 0 atom stereocenters. The summed E-state index contributed by atoms with van der Waals surface area (Å²) < 4.78 is 40.3. The molecule has 0 saturated carbocycles. The van der Waals surface area contributed by atoms with Crippen molar-refractivity contribution in [2.45, 2.75) is 81.1 Å². The summed E-state index contributed by atoms with van der Waals surface area (Å²) in [5.41, 5.74) is 3.12. The molecule has 246 valence electrons. The smallest absolute Gasteiger partial charge is 0.253 e. The first-order valence-corrected chi connectivity index (χ1v) is 15.4. The number of ether oxygens (including phenoxy) is 1. The maximum absolute atomic E-state index is 13.1. The fourth-order valence-electron chi connectivity index (χ4n) is 2.79. The number of halogens is 2. The summed E-state index contributed by atoms with van der Waals surface area (Å²) in [4.78, 5) is 18.1. The molecule has 1 aliphatic rings. The average molecular weight is 628 g/mol.